The van der Waals surface area contributed by atoms with Gasteiger partial charge in [-0.3, -0.25) is 0 Å². The third-order valence-electron chi connectivity index (χ3n) is 5.49. The van der Waals surface area contributed by atoms with Gasteiger partial charge in [0, 0.05) is 0 Å². The fourth-order valence-electron chi connectivity index (χ4n) is 3.64. The third kappa shape index (κ3) is 19.9. The van der Waals surface area contributed by atoms with Gasteiger partial charge < -0.3 is 0 Å². The lowest BCUT2D eigenvalue weighted by Gasteiger charge is -2.13. The number of unbranched alkanes of at least 4 members (excludes halogenated alkanes) is 9. The van der Waals surface area contributed by atoms with E-state index in [-0.39, 0.29) is 0 Å². The summed E-state index contributed by atoms with van der Waals surface area (Å²) in [6.45, 7) is 12.7. The molecule has 2 radical (unpaired) electrons. The normalized spacial score (nSPS) is 14.2. The van der Waals surface area contributed by atoms with Crippen molar-refractivity contribution in [3.63, 3.8) is 0 Å². The first kappa shape index (κ1) is 24.7. The molecule has 0 saturated carbocycles. The van der Waals surface area contributed by atoms with Crippen molar-refractivity contribution in [2.24, 2.45) is 11.8 Å². The molecule has 2 unspecified atom stereocenters. The highest BCUT2D eigenvalue weighted by atomic mass is 14.1. The van der Waals surface area contributed by atoms with E-state index in [9.17, 15) is 0 Å². The van der Waals surface area contributed by atoms with Crippen molar-refractivity contribution in [1.29, 1.82) is 0 Å². The molecule has 0 heterocycles. The van der Waals surface area contributed by atoms with Gasteiger partial charge in [-0.05, 0) is 38.0 Å². The first-order valence-corrected chi connectivity index (χ1v) is 11.4. The van der Waals surface area contributed by atoms with Crippen molar-refractivity contribution in [2.75, 3.05) is 0 Å². The van der Waals surface area contributed by atoms with E-state index in [4.69, 9.17) is 0 Å². The monoisotopic (exact) mass is 348 g/mol. The van der Waals surface area contributed by atoms with Gasteiger partial charge in [-0.1, -0.05) is 123 Å². The Balaban J connectivity index is 3.32. The topological polar surface area (TPSA) is 0 Å². The molecule has 0 bridgehead atoms. The molecule has 0 N–H and O–H groups in total. The zero-order valence-corrected chi connectivity index (χ0v) is 17.7. The molecule has 0 fully saturated rings. The van der Waals surface area contributed by atoms with Gasteiger partial charge in [-0.15, -0.1) is 0 Å². The second kappa shape index (κ2) is 20.1. The molecule has 148 valence electrons. The Kier molecular flexibility index (Phi) is 19.8. The Morgan fingerprint density at radius 1 is 0.560 bits per heavy atom. The van der Waals surface area contributed by atoms with Crippen LogP contribution in [0.2, 0.25) is 0 Å². The Morgan fingerprint density at radius 2 is 1.00 bits per heavy atom. The summed E-state index contributed by atoms with van der Waals surface area (Å²) in [5.74, 6) is 1.87. The van der Waals surface area contributed by atoms with E-state index >= 15 is 0 Å². The molecule has 0 heteroatoms. The van der Waals surface area contributed by atoms with Crippen LogP contribution in [-0.4, -0.2) is 0 Å². The first-order valence-electron chi connectivity index (χ1n) is 11.4. The minimum Gasteiger partial charge on any atom is -0.0885 e. The van der Waals surface area contributed by atoms with Crippen LogP contribution >= 0.6 is 0 Å². The maximum atomic E-state index is 3.92. The molecule has 0 aliphatic heterocycles. The van der Waals surface area contributed by atoms with Crippen LogP contribution in [-0.2, 0) is 0 Å². The standard InChI is InChI=1S/C25H48/c1-5-7-9-11-13-15-17-21-25(4)23-19-18-22-24(3)20-16-14-12-10-8-6-2/h7,9,24-25H,1-2,5-6,8,10-23H2,3-4H3. The molecule has 0 aliphatic rings. The maximum Gasteiger partial charge on any atom is -0.0351 e. The van der Waals surface area contributed by atoms with E-state index < -0.39 is 0 Å². The summed E-state index contributed by atoms with van der Waals surface area (Å²) in [7, 11) is 0. The molecule has 0 saturated heterocycles. The molecule has 0 aromatic carbocycles. The predicted octanol–water partition coefficient (Wildman–Crippen LogP) is 9.11. The van der Waals surface area contributed by atoms with Gasteiger partial charge in [0.2, 0.25) is 0 Å². The van der Waals surface area contributed by atoms with Crippen LogP contribution in [0.5, 0.6) is 0 Å². The summed E-state index contributed by atoms with van der Waals surface area (Å²) >= 11 is 0. The van der Waals surface area contributed by atoms with Crippen molar-refractivity contribution in [3.8, 4) is 0 Å². The van der Waals surface area contributed by atoms with Gasteiger partial charge >= 0.3 is 0 Å². The number of rotatable bonds is 19. The van der Waals surface area contributed by atoms with Crippen LogP contribution in [0, 0.1) is 25.7 Å². The quantitative estimate of drug-likeness (QED) is 0.161. The molecule has 0 aromatic heterocycles. The van der Waals surface area contributed by atoms with Crippen LogP contribution in [0.4, 0.5) is 0 Å². The highest BCUT2D eigenvalue weighted by molar-refractivity contribution is 4.81. The van der Waals surface area contributed by atoms with Gasteiger partial charge in [0.1, 0.15) is 0 Å². The van der Waals surface area contributed by atoms with E-state index in [2.05, 4.69) is 39.8 Å². The molecule has 0 amide bonds. The Labute approximate surface area is 161 Å². The van der Waals surface area contributed by atoms with E-state index in [1.54, 1.807) is 0 Å². The predicted molar refractivity (Wildman–Crippen MR) is 117 cm³/mol. The number of hydrogen-bond acceptors (Lipinski definition) is 0. The molecule has 0 rings (SSSR count). The Morgan fingerprint density at radius 3 is 1.52 bits per heavy atom. The Bertz CT molecular complexity index is 265. The summed E-state index contributed by atoms with van der Waals surface area (Å²) in [4.78, 5) is 0. The first-order chi connectivity index (χ1) is 12.2. The molecule has 0 aliphatic carbocycles. The van der Waals surface area contributed by atoms with E-state index in [0.29, 0.717) is 0 Å². The zero-order valence-electron chi connectivity index (χ0n) is 17.7. The minimum atomic E-state index is 0.929. The molecule has 0 spiro atoms. The average molecular weight is 349 g/mol. The molecule has 2 atom stereocenters. The summed E-state index contributed by atoms with van der Waals surface area (Å²) in [6, 6.07) is 0. The van der Waals surface area contributed by atoms with Gasteiger partial charge in [-0.25, -0.2) is 0 Å². The fraction of sp³-hybridized carbons (Fsp3) is 0.840. The summed E-state index contributed by atoms with van der Waals surface area (Å²) in [6.07, 6.45) is 27.6. The Hall–Kier alpha value is -0.260. The van der Waals surface area contributed by atoms with Crippen LogP contribution in [0.15, 0.2) is 12.2 Å². The van der Waals surface area contributed by atoms with Crippen LogP contribution < -0.4 is 0 Å². The van der Waals surface area contributed by atoms with Gasteiger partial charge in [-0.2, -0.15) is 0 Å². The smallest absolute Gasteiger partial charge is 0.0351 e. The van der Waals surface area contributed by atoms with Crippen LogP contribution in [0.25, 0.3) is 0 Å². The molecule has 0 nitrogen and oxygen atoms in total. The number of allylic oxidation sites excluding steroid dienone is 2. The highest BCUT2D eigenvalue weighted by Crippen LogP contribution is 2.21. The maximum absolute atomic E-state index is 3.92. The molecular weight excluding hydrogens is 300 g/mol. The zero-order chi connectivity index (χ0) is 18.6. The lowest BCUT2D eigenvalue weighted by molar-refractivity contribution is 0.402. The number of hydrogen-bond donors (Lipinski definition) is 0. The van der Waals surface area contributed by atoms with Gasteiger partial charge in [0.15, 0.2) is 0 Å². The van der Waals surface area contributed by atoms with Crippen molar-refractivity contribution in [3.05, 3.63) is 26.0 Å². The SMILES string of the molecule is [CH2]CC=CCCCCCC(C)CCCCC(C)CCCCCCC[CH2]. The molecular formula is C25H48. The van der Waals surface area contributed by atoms with Gasteiger partial charge in [0.05, 0.1) is 0 Å². The van der Waals surface area contributed by atoms with Crippen LogP contribution in [0.3, 0.4) is 0 Å². The summed E-state index contributed by atoms with van der Waals surface area (Å²) in [5.41, 5.74) is 0. The van der Waals surface area contributed by atoms with Crippen LogP contribution in [0.1, 0.15) is 123 Å². The highest BCUT2D eigenvalue weighted by Gasteiger charge is 2.05. The fourth-order valence-corrected chi connectivity index (χ4v) is 3.64. The van der Waals surface area contributed by atoms with E-state index in [1.807, 2.05) is 0 Å². The minimum absolute atomic E-state index is 0.929. The lowest BCUT2D eigenvalue weighted by Crippen LogP contribution is -1.98. The summed E-state index contributed by atoms with van der Waals surface area (Å²) in [5, 5.41) is 0. The summed E-state index contributed by atoms with van der Waals surface area (Å²) < 4.78 is 0. The van der Waals surface area contributed by atoms with Crippen molar-refractivity contribution in [2.45, 2.75) is 123 Å². The average Bonchev–Trinajstić information content (AvgIpc) is 2.61. The third-order valence-corrected chi connectivity index (χ3v) is 5.49. The second-order valence-electron chi connectivity index (χ2n) is 8.30. The van der Waals surface area contributed by atoms with Crippen molar-refractivity contribution >= 4 is 0 Å². The van der Waals surface area contributed by atoms with E-state index in [1.165, 1.54) is 96.3 Å². The van der Waals surface area contributed by atoms with Gasteiger partial charge in [0.25, 0.3) is 0 Å². The van der Waals surface area contributed by atoms with Crippen molar-refractivity contribution in [1.82, 2.24) is 0 Å². The van der Waals surface area contributed by atoms with E-state index in [0.717, 1.165) is 24.7 Å². The lowest BCUT2D eigenvalue weighted by atomic mass is 9.93. The largest absolute Gasteiger partial charge is 0.0885 e. The van der Waals surface area contributed by atoms with Crippen molar-refractivity contribution < 1.29 is 0 Å². The second-order valence-corrected chi connectivity index (χ2v) is 8.30. The molecule has 25 heavy (non-hydrogen) atoms. The molecule has 0 aromatic rings.